The van der Waals surface area contributed by atoms with Crippen LogP contribution in [0.4, 0.5) is 0 Å². The van der Waals surface area contributed by atoms with Crippen LogP contribution < -0.4 is 10.3 Å². The Kier molecular flexibility index (Phi) is 2.14. The number of rotatable bonds is 2. The first-order valence-corrected chi connectivity index (χ1v) is 6.26. The maximum absolute atomic E-state index is 8.15. The Bertz CT molecular complexity index is 622. The number of hydrogen-bond donors (Lipinski definition) is 0. The van der Waals surface area contributed by atoms with E-state index >= 15 is 0 Å². The molecule has 0 N–H and O–H groups in total. The van der Waals surface area contributed by atoms with E-state index < -0.39 is 31.1 Å². The minimum absolute atomic E-state index is 0.0532. The molecule has 0 atom stereocenters. The van der Waals surface area contributed by atoms with E-state index in [1.54, 1.807) is 0 Å². The van der Waals surface area contributed by atoms with Crippen molar-refractivity contribution in [1.82, 2.24) is 4.98 Å². The molecule has 0 aliphatic carbocycles. The number of ether oxygens (including phenoxy) is 1. The smallest absolute Gasteiger partial charge is 0.497 e. The van der Waals surface area contributed by atoms with E-state index in [9.17, 15) is 0 Å². The molecule has 1 aliphatic rings. The van der Waals surface area contributed by atoms with Gasteiger partial charge in [0.15, 0.2) is 0 Å². The highest BCUT2D eigenvalue weighted by molar-refractivity contribution is 9.10. The molecule has 0 bridgehead atoms. The lowest BCUT2D eigenvalue weighted by atomic mass is 9.84. The normalized spacial score (nSPS) is 25.8. The van der Waals surface area contributed by atoms with Gasteiger partial charge in [0.05, 0.1) is 30.7 Å². The fraction of sp³-hybridized carbons (Fsp3) is 0.583. The Balaban J connectivity index is 2.49. The maximum Gasteiger partial charge on any atom is 0.514 e. The Morgan fingerprint density at radius 2 is 1.94 bits per heavy atom. The topological polar surface area (TPSA) is 40.6 Å². The average Bonchev–Trinajstić information content (AvgIpc) is 2.57. The summed E-state index contributed by atoms with van der Waals surface area (Å²) >= 11 is 3.09. The molecule has 2 rings (SSSR count). The minimum Gasteiger partial charge on any atom is -0.497 e. The molecule has 98 valence electrons. The molecule has 0 aromatic carbocycles. The molecule has 0 amide bonds. The predicted octanol–water partition coefficient (Wildman–Crippen LogP) is 2.15. The number of pyridine rings is 1. The van der Waals surface area contributed by atoms with Gasteiger partial charge in [0.1, 0.15) is 10.4 Å². The zero-order valence-electron chi connectivity index (χ0n) is 15.6. The largest absolute Gasteiger partial charge is 0.514 e. The Morgan fingerprint density at radius 1 is 1.33 bits per heavy atom. The first kappa shape index (κ1) is 8.56. The number of nitrogens with zero attached hydrogens (tertiary/aromatic N) is 1. The van der Waals surface area contributed by atoms with Crippen molar-refractivity contribution in [3.63, 3.8) is 0 Å². The van der Waals surface area contributed by atoms with Crippen LogP contribution in [0, 0.1) is 0 Å². The highest BCUT2D eigenvalue weighted by Crippen LogP contribution is 2.36. The summed E-state index contributed by atoms with van der Waals surface area (Å²) in [5, 5.41) is 0. The van der Waals surface area contributed by atoms with E-state index in [4.69, 9.17) is 20.9 Å². The molecule has 0 spiro atoms. The molecule has 0 unspecified atom stereocenters. The second-order valence-corrected chi connectivity index (χ2v) is 5.81. The number of hydrogen-bond acceptors (Lipinski definition) is 4. The summed E-state index contributed by atoms with van der Waals surface area (Å²) in [6.07, 6.45) is 0. The third-order valence-electron chi connectivity index (χ3n) is 3.26. The van der Waals surface area contributed by atoms with Crippen LogP contribution in [0.3, 0.4) is 0 Å². The summed E-state index contributed by atoms with van der Waals surface area (Å²) in [5.74, 6) is -0.392. The second-order valence-electron chi connectivity index (χ2n) is 5.06. The van der Waals surface area contributed by atoms with Gasteiger partial charge in [0.25, 0.3) is 0 Å². The predicted molar refractivity (Wildman–Crippen MR) is 74.2 cm³/mol. The zero-order valence-corrected chi connectivity index (χ0v) is 12.2. The van der Waals surface area contributed by atoms with Gasteiger partial charge in [0, 0.05) is 6.04 Å². The third kappa shape index (κ3) is 2.42. The molecule has 6 heteroatoms. The Labute approximate surface area is 123 Å². The molecule has 0 radical (unpaired) electrons. The van der Waals surface area contributed by atoms with Gasteiger partial charge in [-0.1, -0.05) is 0 Å². The van der Waals surface area contributed by atoms with Gasteiger partial charge >= 0.3 is 7.12 Å². The van der Waals surface area contributed by atoms with Crippen LogP contribution in [0.15, 0.2) is 16.7 Å². The molecule has 1 saturated heterocycles. The monoisotopic (exact) mass is 318 g/mol. The molecular weight excluding hydrogens is 297 g/mol. The molecule has 1 aromatic rings. The highest BCUT2D eigenvalue weighted by Gasteiger charge is 2.52. The lowest BCUT2D eigenvalue weighted by Crippen LogP contribution is -2.41. The molecule has 18 heavy (non-hydrogen) atoms. The van der Waals surface area contributed by atoms with E-state index in [1.165, 1.54) is 0 Å². The fourth-order valence-corrected chi connectivity index (χ4v) is 1.89. The van der Waals surface area contributed by atoms with E-state index in [0.29, 0.717) is 0 Å². The summed E-state index contributed by atoms with van der Waals surface area (Å²) in [4.78, 5) is 4.10. The van der Waals surface area contributed by atoms with Gasteiger partial charge in [-0.05, 0) is 49.7 Å². The SMILES string of the molecule is [2H]c1c(Br)nc(B2OC(C)(C)C(C)(C)O2)c([2H])c1OC([2H])([2H])[2H]. The molecule has 4 nitrogen and oxygen atoms in total. The quantitative estimate of drug-likeness (QED) is 0.619. The van der Waals surface area contributed by atoms with Gasteiger partial charge in [-0.3, -0.25) is 0 Å². The van der Waals surface area contributed by atoms with Crippen molar-refractivity contribution >= 4 is 28.6 Å². The van der Waals surface area contributed by atoms with Gasteiger partial charge in [-0.2, -0.15) is 0 Å². The van der Waals surface area contributed by atoms with Crippen molar-refractivity contribution in [2.75, 3.05) is 7.04 Å². The van der Waals surface area contributed by atoms with Gasteiger partial charge in [-0.15, -0.1) is 0 Å². The summed E-state index contributed by atoms with van der Waals surface area (Å²) in [6.45, 7) is 7.41. The molecule has 1 aromatic heterocycles. The first-order valence-electron chi connectivity index (χ1n) is 7.96. The molecule has 1 fully saturated rings. The van der Waals surface area contributed by atoms with Crippen LogP contribution in [0.5, 0.6) is 5.75 Å². The van der Waals surface area contributed by atoms with Crippen LogP contribution in [-0.4, -0.2) is 30.3 Å². The van der Waals surface area contributed by atoms with E-state index in [2.05, 4.69) is 20.9 Å². The number of halogens is 1. The van der Waals surface area contributed by atoms with Crippen molar-refractivity contribution in [3.8, 4) is 5.75 Å². The van der Waals surface area contributed by atoms with E-state index in [-0.39, 0.29) is 22.3 Å². The molecule has 2 heterocycles. The molecular formula is C12H17BBrNO3. The van der Waals surface area contributed by atoms with Crippen LogP contribution in [0.2, 0.25) is 0 Å². The van der Waals surface area contributed by atoms with Crippen molar-refractivity contribution in [1.29, 1.82) is 0 Å². The zero-order chi connectivity index (χ0) is 17.8. The first-order chi connectivity index (χ1) is 10.3. The molecule has 1 aliphatic heterocycles. The van der Waals surface area contributed by atoms with E-state index in [1.807, 2.05) is 27.7 Å². The summed E-state index contributed by atoms with van der Waals surface area (Å²) in [5.41, 5.74) is -1.21. The van der Waals surface area contributed by atoms with E-state index in [0.717, 1.165) is 0 Å². The summed E-state index contributed by atoms with van der Waals surface area (Å²) < 4.78 is 54.1. The summed E-state index contributed by atoms with van der Waals surface area (Å²) in [7, 11) is -3.73. The fourth-order valence-electron chi connectivity index (χ4n) is 1.52. The van der Waals surface area contributed by atoms with Crippen LogP contribution in [0.1, 0.15) is 34.5 Å². The summed E-state index contributed by atoms with van der Waals surface area (Å²) in [6, 6.07) is -0.654. The highest BCUT2D eigenvalue weighted by atomic mass is 79.9. The van der Waals surface area contributed by atoms with Crippen molar-refractivity contribution in [2.24, 2.45) is 0 Å². The van der Waals surface area contributed by atoms with Crippen molar-refractivity contribution in [3.05, 3.63) is 16.7 Å². The van der Waals surface area contributed by atoms with Crippen molar-refractivity contribution < 1.29 is 20.9 Å². The van der Waals surface area contributed by atoms with Gasteiger partial charge in [-0.25, -0.2) is 4.98 Å². The second kappa shape index (κ2) is 4.51. The third-order valence-corrected chi connectivity index (χ3v) is 3.63. The van der Waals surface area contributed by atoms with Crippen LogP contribution in [0.25, 0.3) is 0 Å². The van der Waals surface area contributed by atoms with Crippen LogP contribution in [-0.2, 0) is 9.31 Å². The van der Waals surface area contributed by atoms with Gasteiger partial charge < -0.3 is 14.0 Å². The lowest BCUT2D eigenvalue weighted by Gasteiger charge is -2.32. The maximum atomic E-state index is 8.15. The van der Waals surface area contributed by atoms with Crippen LogP contribution >= 0.6 is 15.9 Å². The number of methoxy groups -OCH3 is 1. The average molecular weight is 319 g/mol. The number of aromatic nitrogens is 1. The van der Waals surface area contributed by atoms with Gasteiger partial charge in [0.2, 0.25) is 0 Å². The minimum atomic E-state index is -2.78. The Morgan fingerprint density at radius 3 is 2.50 bits per heavy atom. The van der Waals surface area contributed by atoms with Crippen molar-refractivity contribution in [2.45, 2.75) is 38.9 Å². The Hall–Kier alpha value is -0.585. The lowest BCUT2D eigenvalue weighted by molar-refractivity contribution is 0.00578. The molecule has 0 saturated carbocycles. The standard InChI is InChI=1S/C12H17BBrNO3/c1-11(2)12(3,4)18-13(17-11)9-6-8(16-5)7-10(14)15-9/h6-7H,1-5H3/i5D3,6D,7D.